The molecule has 0 aliphatic rings. The first-order valence-electron chi connectivity index (χ1n) is 12.7. The topological polar surface area (TPSA) is 127 Å². The number of thiophene rings is 5. The summed E-state index contributed by atoms with van der Waals surface area (Å²) in [5.41, 5.74) is 1.48. The fraction of sp³-hybridized carbons (Fsp3) is 0.0667. The molecule has 0 spiro atoms. The van der Waals surface area contributed by atoms with Crippen molar-refractivity contribution in [1.82, 2.24) is 9.97 Å². The van der Waals surface area contributed by atoms with Crippen molar-refractivity contribution < 1.29 is 28.6 Å². The van der Waals surface area contributed by atoms with Crippen LogP contribution in [0, 0.1) is 0 Å². The summed E-state index contributed by atoms with van der Waals surface area (Å²) in [5, 5.41) is 19.3. The van der Waals surface area contributed by atoms with Gasteiger partial charge in [-0.25, -0.2) is 9.97 Å². The van der Waals surface area contributed by atoms with Crippen molar-refractivity contribution in [2.75, 3.05) is 0 Å². The maximum absolute atomic E-state index is 11.8. The molecular weight excluding hydrogens is 645 g/mol. The molecular formula is C30H18N2O6S5. The molecule has 0 radical (unpaired) electrons. The van der Waals surface area contributed by atoms with Gasteiger partial charge in [0.2, 0.25) is 11.8 Å². The lowest BCUT2D eigenvalue weighted by Crippen LogP contribution is -1.99. The van der Waals surface area contributed by atoms with Crippen LogP contribution in [0.15, 0.2) is 82.3 Å². The Bertz CT molecular complexity index is 1910. The Balaban J connectivity index is 1.24. The summed E-state index contributed by atoms with van der Waals surface area (Å²) in [6.45, 7) is 0. The number of carboxylic acid groups (broad SMARTS) is 2. The normalized spacial score (nSPS) is 11.3. The molecule has 7 rings (SSSR count). The first kappa shape index (κ1) is 27.7. The average Bonchev–Trinajstić information content (AvgIpc) is 3.82. The zero-order valence-corrected chi connectivity index (χ0v) is 25.9. The van der Waals surface area contributed by atoms with E-state index in [-0.39, 0.29) is 12.8 Å². The minimum atomic E-state index is -0.902. The van der Waals surface area contributed by atoms with Gasteiger partial charge >= 0.3 is 11.9 Å². The zero-order valence-electron chi connectivity index (χ0n) is 21.8. The fourth-order valence-electron chi connectivity index (χ4n) is 4.55. The maximum Gasteiger partial charge on any atom is 0.307 e. The summed E-state index contributed by atoms with van der Waals surface area (Å²) in [7, 11) is 0. The molecule has 0 aromatic carbocycles. The first-order chi connectivity index (χ1) is 20.9. The van der Waals surface area contributed by atoms with Crippen molar-refractivity contribution in [1.29, 1.82) is 0 Å². The SMILES string of the molecule is O=C(O)Cc1cc(-c2ccc(-c3ncco3)s2)sc1-c1ccc(-c2sc(-c3ccc(-c4ncco4)s3)cc2CC(=O)O)s1. The van der Waals surface area contributed by atoms with E-state index >= 15 is 0 Å². The summed E-state index contributed by atoms with van der Waals surface area (Å²) in [6, 6.07) is 15.8. The van der Waals surface area contributed by atoms with E-state index < -0.39 is 11.9 Å². The molecule has 0 amide bonds. The van der Waals surface area contributed by atoms with Gasteiger partial charge in [-0.3, -0.25) is 9.59 Å². The Labute approximate surface area is 263 Å². The van der Waals surface area contributed by atoms with Crippen LogP contribution >= 0.6 is 56.7 Å². The van der Waals surface area contributed by atoms with Crippen LogP contribution in [0.3, 0.4) is 0 Å². The third-order valence-corrected chi connectivity index (χ3v) is 12.7. The van der Waals surface area contributed by atoms with E-state index in [1.54, 1.807) is 35.1 Å². The van der Waals surface area contributed by atoms with Gasteiger partial charge in [-0.05, 0) is 59.7 Å². The van der Waals surface area contributed by atoms with E-state index in [2.05, 4.69) is 9.97 Å². The van der Waals surface area contributed by atoms with Gasteiger partial charge in [0.1, 0.15) is 12.5 Å². The van der Waals surface area contributed by atoms with Crippen molar-refractivity contribution >= 4 is 68.6 Å². The highest BCUT2D eigenvalue weighted by Crippen LogP contribution is 2.48. The van der Waals surface area contributed by atoms with Crippen LogP contribution in [0.5, 0.6) is 0 Å². The van der Waals surface area contributed by atoms with Crippen LogP contribution in [0.1, 0.15) is 11.1 Å². The number of oxazole rings is 2. The molecule has 7 aromatic heterocycles. The third-order valence-electron chi connectivity index (χ3n) is 6.34. The molecule has 13 heteroatoms. The first-order valence-corrected chi connectivity index (χ1v) is 16.8. The summed E-state index contributed by atoms with van der Waals surface area (Å²) in [6.07, 6.45) is 6.07. The van der Waals surface area contributed by atoms with Crippen LogP contribution < -0.4 is 0 Å². The molecule has 0 saturated heterocycles. The van der Waals surface area contributed by atoms with Crippen molar-refractivity contribution in [3.8, 4) is 60.6 Å². The predicted molar refractivity (Wildman–Crippen MR) is 171 cm³/mol. The smallest absolute Gasteiger partial charge is 0.307 e. The van der Waals surface area contributed by atoms with Gasteiger partial charge in [-0.2, -0.15) is 0 Å². The molecule has 0 bridgehead atoms. The number of aliphatic carboxylic acids is 2. The summed E-state index contributed by atoms with van der Waals surface area (Å²) < 4.78 is 10.9. The molecule has 7 heterocycles. The summed E-state index contributed by atoms with van der Waals surface area (Å²) in [4.78, 5) is 41.4. The second kappa shape index (κ2) is 11.5. The Kier molecular flexibility index (Phi) is 7.41. The Morgan fingerprint density at radius 2 is 0.953 bits per heavy atom. The average molecular weight is 663 g/mol. The summed E-state index contributed by atoms with van der Waals surface area (Å²) in [5.74, 6) is -0.711. The van der Waals surface area contributed by atoms with Crippen LogP contribution in [0.25, 0.3) is 60.6 Å². The number of rotatable bonds is 10. The molecule has 0 unspecified atom stereocenters. The van der Waals surface area contributed by atoms with Crippen LogP contribution in [-0.2, 0) is 22.4 Å². The number of hydrogen-bond acceptors (Lipinski definition) is 11. The Hall–Kier alpha value is -4.14. The van der Waals surface area contributed by atoms with Crippen molar-refractivity contribution in [3.63, 3.8) is 0 Å². The Morgan fingerprint density at radius 1 is 0.558 bits per heavy atom. The Morgan fingerprint density at radius 3 is 1.35 bits per heavy atom. The molecule has 0 atom stereocenters. The van der Waals surface area contributed by atoms with Crippen LogP contribution in [0.4, 0.5) is 0 Å². The van der Waals surface area contributed by atoms with Gasteiger partial charge < -0.3 is 19.0 Å². The second-order valence-corrected chi connectivity index (χ2v) is 14.6. The maximum atomic E-state index is 11.8. The molecule has 2 N–H and O–H groups in total. The quantitative estimate of drug-likeness (QED) is 0.148. The molecule has 7 aromatic rings. The number of hydrogen-bond donors (Lipinski definition) is 2. The van der Waals surface area contributed by atoms with Crippen molar-refractivity contribution in [2.24, 2.45) is 0 Å². The molecule has 8 nitrogen and oxygen atoms in total. The van der Waals surface area contributed by atoms with E-state index in [0.29, 0.717) is 11.8 Å². The molecule has 0 aliphatic heterocycles. The van der Waals surface area contributed by atoms with E-state index in [9.17, 15) is 19.8 Å². The van der Waals surface area contributed by atoms with Gasteiger partial charge in [0.15, 0.2) is 0 Å². The minimum Gasteiger partial charge on any atom is -0.481 e. The molecule has 0 saturated carbocycles. The lowest BCUT2D eigenvalue weighted by molar-refractivity contribution is -0.137. The highest BCUT2D eigenvalue weighted by atomic mass is 32.1. The van der Waals surface area contributed by atoms with Gasteiger partial charge in [0, 0.05) is 39.0 Å². The van der Waals surface area contributed by atoms with Crippen molar-refractivity contribution in [2.45, 2.75) is 12.8 Å². The lowest BCUT2D eigenvalue weighted by Gasteiger charge is -1.99. The zero-order chi connectivity index (χ0) is 29.5. The highest BCUT2D eigenvalue weighted by Gasteiger charge is 2.22. The second-order valence-electron chi connectivity index (χ2n) is 9.24. The third kappa shape index (κ3) is 5.65. The van der Waals surface area contributed by atoms with E-state index in [1.807, 2.05) is 48.5 Å². The largest absolute Gasteiger partial charge is 0.481 e. The fourth-order valence-corrected chi connectivity index (χ4v) is 10.3. The number of aromatic nitrogens is 2. The molecule has 0 aliphatic carbocycles. The lowest BCUT2D eigenvalue weighted by atomic mass is 10.1. The molecule has 0 fully saturated rings. The number of carbonyl (C=O) groups is 2. The highest BCUT2D eigenvalue weighted by molar-refractivity contribution is 7.30. The molecule has 214 valence electrons. The standard InChI is InChI=1S/C30H18N2O6S5/c33-25(34)13-15-11-23(17-1-5-21(39-17)29-31-7-9-37-29)42-27(15)19-3-4-20(41-19)28-16(14-26(35)36)12-24(43-28)18-2-6-22(40-18)30-32-8-10-38-30/h1-12H,13-14H2,(H,33,34)(H,35,36). The van der Waals surface area contributed by atoms with Crippen LogP contribution in [-0.4, -0.2) is 32.1 Å². The van der Waals surface area contributed by atoms with Gasteiger partial charge in [-0.1, -0.05) is 0 Å². The van der Waals surface area contributed by atoms with E-state index in [1.165, 1.54) is 46.5 Å². The minimum absolute atomic E-state index is 0.101. The van der Waals surface area contributed by atoms with Crippen LogP contribution in [0.2, 0.25) is 0 Å². The van der Waals surface area contributed by atoms with Gasteiger partial charge in [0.25, 0.3) is 0 Å². The van der Waals surface area contributed by atoms with E-state index in [0.717, 1.165) is 59.9 Å². The number of nitrogens with zero attached hydrogens (tertiary/aromatic N) is 2. The number of carboxylic acids is 2. The summed E-state index contributed by atoms with van der Waals surface area (Å²) >= 11 is 7.71. The monoisotopic (exact) mass is 662 g/mol. The predicted octanol–water partition coefficient (Wildman–Crippen LogP) is 9.23. The van der Waals surface area contributed by atoms with Gasteiger partial charge in [0.05, 0.1) is 35.0 Å². The van der Waals surface area contributed by atoms with E-state index in [4.69, 9.17) is 8.83 Å². The van der Waals surface area contributed by atoms with Gasteiger partial charge in [-0.15, -0.1) is 56.7 Å². The molecule has 43 heavy (non-hydrogen) atoms. The van der Waals surface area contributed by atoms with Crippen molar-refractivity contribution in [3.05, 3.63) is 84.6 Å².